The Labute approximate surface area is 194 Å². The van der Waals surface area contributed by atoms with Crippen LogP contribution in [0.15, 0.2) is 5.16 Å². The topological polar surface area (TPSA) is 222 Å². The molecule has 33 heavy (non-hydrogen) atoms. The maximum Gasteiger partial charge on any atom is 0.322 e. The first kappa shape index (κ1) is 27.8. The van der Waals surface area contributed by atoms with Crippen LogP contribution in [-0.4, -0.2) is 85.9 Å². The number of aliphatic carboxylic acids is 2. The predicted octanol–water partition coefficient (Wildman–Crippen LogP) is -0.906. The van der Waals surface area contributed by atoms with E-state index < -0.39 is 42.4 Å². The second-order valence-corrected chi connectivity index (χ2v) is 8.11. The standard InChI is InChI=1S/C18H30N8O6S/c1-4-20-16-24-17(22-9(2)3)26-18(25-16)33-8-11(14(30)21-7-13(28)29)23-12(27)6-5-10(19)15(31)32/h9-11H,4-8,19H2,1-3H3,(H,21,30)(H,23,27)(H,28,29)(H,31,32)(H2,20,22,24,25,26)/t10-,11+/m0/s1. The number of carbonyl (C=O) groups is 4. The molecule has 1 aromatic rings. The molecule has 0 fully saturated rings. The second kappa shape index (κ2) is 14.1. The lowest BCUT2D eigenvalue weighted by Gasteiger charge is -2.18. The van der Waals surface area contributed by atoms with Gasteiger partial charge in [-0.3, -0.25) is 19.2 Å². The first-order valence-electron chi connectivity index (χ1n) is 10.2. The number of anilines is 2. The molecule has 0 aliphatic rings. The lowest BCUT2D eigenvalue weighted by Crippen LogP contribution is -2.49. The molecule has 1 aromatic heterocycles. The highest BCUT2D eigenvalue weighted by atomic mass is 32.2. The Balaban J connectivity index is 2.92. The average molecular weight is 487 g/mol. The molecule has 2 atom stereocenters. The summed E-state index contributed by atoms with van der Waals surface area (Å²) >= 11 is 1.06. The van der Waals surface area contributed by atoms with E-state index in [0.717, 1.165) is 11.8 Å². The Morgan fingerprint density at radius 3 is 2.33 bits per heavy atom. The van der Waals surface area contributed by atoms with Gasteiger partial charge in [0.25, 0.3) is 0 Å². The summed E-state index contributed by atoms with van der Waals surface area (Å²) in [4.78, 5) is 59.0. The Bertz CT molecular complexity index is 840. The van der Waals surface area contributed by atoms with Crippen molar-refractivity contribution in [3.05, 3.63) is 0 Å². The van der Waals surface area contributed by atoms with Crippen molar-refractivity contribution in [2.24, 2.45) is 5.73 Å². The first-order valence-corrected chi connectivity index (χ1v) is 11.2. The zero-order chi connectivity index (χ0) is 25.0. The van der Waals surface area contributed by atoms with Gasteiger partial charge in [0.2, 0.25) is 23.7 Å². The van der Waals surface area contributed by atoms with Crippen molar-refractivity contribution in [3.63, 3.8) is 0 Å². The van der Waals surface area contributed by atoms with E-state index in [-0.39, 0.29) is 29.8 Å². The summed E-state index contributed by atoms with van der Waals surface area (Å²) in [5.74, 6) is -3.17. The number of amides is 2. The smallest absolute Gasteiger partial charge is 0.322 e. The number of carboxylic acid groups (broad SMARTS) is 2. The Morgan fingerprint density at radius 1 is 1.09 bits per heavy atom. The molecular formula is C18H30N8O6S. The highest BCUT2D eigenvalue weighted by Gasteiger charge is 2.23. The minimum absolute atomic E-state index is 0.0150. The lowest BCUT2D eigenvalue weighted by atomic mass is 10.1. The number of nitrogens with two attached hydrogens (primary N) is 1. The van der Waals surface area contributed by atoms with Crippen LogP contribution in [0, 0.1) is 0 Å². The van der Waals surface area contributed by atoms with Gasteiger partial charge in [-0.25, -0.2) is 0 Å². The van der Waals surface area contributed by atoms with Crippen LogP contribution in [0.2, 0.25) is 0 Å². The third-order valence-corrected chi connectivity index (χ3v) is 4.75. The number of nitrogens with one attached hydrogen (secondary N) is 4. The Hall–Kier alpha value is -3.20. The summed E-state index contributed by atoms with van der Waals surface area (Å²) in [7, 11) is 0. The fourth-order valence-electron chi connectivity index (χ4n) is 2.28. The van der Waals surface area contributed by atoms with E-state index in [1.165, 1.54) is 0 Å². The van der Waals surface area contributed by atoms with Crippen LogP contribution in [-0.2, 0) is 19.2 Å². The van der Waals surface area contributed by atoms with Crippen LogP contribution < -0.4 is 27.0 Å². The van der Waals surface area contributed by atoms with Gasteiger partial charge in [0.15, 0.2) is 5.16 Å². The highest BCUT2D eigenvalue weighted by Crippen LogP contribution is 2.18. The van der Waals surface area contributed by atoms with Gasteiger partial charge in [-0.05, 0) is 27.2 Å². The number of carboxylic acids is 2. The molecule has 8 N–H and O–H groups in total. The summed E-state index contributed by atoms with van der Waals surface area (Å²) in [6, 6.07) is -2.28. The van der Waals surface area contributed by atoms with Gasteiger partial charge >= 0.3 is 11.9 Å². The Morgan fingerprint density at radius 2 is 1.76 bits per heavy atom. The van der Waals surface area contributed by atoms with Gasteiger partial charge < -0.3 is 37.2 Å². The van der Waals surface area contributed by atoms with Crippen molar-refractivity contribution < 1.29 is 29.4 Å². The van der Waals surface area contributed by atoms with Crippen LogP contribution in [0.25, 0.3) is 0 Å². The van der Waals surface area contributed by atoms with E-state index in [0.29, 0.717) is 18.4 Å². The zero-order valence-electron chi connectivity index (χ0n) is 18.6. The largest absolute Gasteiger partial charge is 0.480 e. The molecule has 1 rings (SSSR count). The highest BCUT2D eigenvalue weighted by molar-refractivity contribution is 7.99. The van der Waals surface area contributed by atoms with E-state index in [1.54, 1.807) is 0 Å². The van der Waals surface area contributed by atoms with Crippen molar-refractivity contribution in [2.75, 3.05) is 29.5 Å². The molecule has 0 saturated carbocycles. The summed E-state index contributed by atoms with van der Waals surface area (Å²) in [5, 5.41) is 28.6. The number of carbonyl (C=O) groups excluding carboxylic acids is 2. The third kappa shape index (κ3) is 11.3. The van der Waals surface area contributed by atoms with Crippen molar-refractivity contribution >= 4 is 47.4 Å². The maximum atomic E-state index is 12.4. The first-order chi connectivity index (χ1) is 15.5. The number of aromatic nitrogens is 3. The molecule has 15 heteroatoms. The van der Waals surface area contributed by atoms with Crippen molar-refractivity contribution in [2.45, 2.75) is 56.9 Å². The minimum Gasteiger partial charge on any atom is -0.480 e. The van der Waals surface area contributed by atoms with Crippen molar-refractivity contribution in [1.29, 1.82) is 0 Å². The Kier molecular flexibility index (Phi) is 11.9. The van der Waals surface area contributed by atoms with Gasteiger partial charge in [0.1, 0.15) is 18.6 Å². The number of nitrogens with zero attached hydrogens (tertiary/aromatic N) is 3. The molecule has 2 amide bonds. The number of hydrogen-bond acceptors (Lipinski definition) is 11. The van der Waals surface area contributed by atoms with Gasteiger partial charge in [0.05, 0.1) is 0 Å². The minimum atomic E-state index is -1.24. The lowest BCUT2D eigenvalue weighted by molar-refractivity contribution is -0.139. The monoisotopic (exact) mass is 486 g/mol. The summed E-state index contributed by atoms with van der Waals surface area (Å²) in [6.45, 7) is 5.65. The molecule has 0 unspecified atom stereocenters. The van der Waals surface area contributed by atoms with Crippen LogP contribution in [0.3, 0.4) is 0 Å². The number of thioether (sulfide) groups is 1. The number of hydrogen-bond donors (Lipinski definition) is 7. The van der Waals surface area contributed by atoms with E-state index in [1.807, 2.05) is 20.8 Å². The summed E-state index contributed by atoms with van der Waals surface area (Å²) in [5.41, 5.74) is 5.40. The molecule has 14 nitrogen and oxygen atoms in total. The molecule has 0 saturated heterocycles. The molecule has 0 bridgehead atoms. The van der Waals surface area contributed by atoms with E-state index in [9.17, 15) is 19.2 Å². The zero-order valence-corrected chi connectivity index (χ0v) is 19.4. The molecule has 0 aliphatic heterocycles. The molecular weight excluding hydrogens is 456 g/mol. The summed E-state index contributed by atoms with van der Waals surface area (Å²) in [6.07, 6.45) is -0.346. The van der Waals surface area contributed by atoms with E-state index in [2.05, 4.69) is 36.2 Å². The average Bonchev–Trinajstić information content (AvgIpc) is 2.72. The van der Waals surface area contributed by atoms with Crippen molar-refractivity contribution in [3.8, 4) is 0 Å². The van der Waals surface area contributed by atoms with Gasteiger partial charge in [-0.2, -0.15) is 15.0 Å². The van der Waals surface area contributed by atoms with Gasteiger partial charge in [-0.1, -0.05) is 11.8 Å². The van der Waals surface area contributed by atoms with E-state index in [4.69, 9.17) is 15.9 Å². The third-order valence-electron chi connectivity index (χ3n) is 3.81. The quantitative estimate of drug-likeness (QED) is 0.149. The predicted molar refractivity (Wildman–Crippen MR) is 121 cm³/mol. The molecule has 0 spiro atoms. The second-order valence-electron chi connectivity index (χ2n) is 7.12. The molecule has 0 aromatic carbocycles. The summed E-state index contributed by atoms with van der Waals surface area (Å²) < 4.78 is 0. The fourth-order valence-corrected chi connectivity index (χ4v) is 3.14. The van der Waals surface area contributed by atoms with Crippen LogP contribution in [0.1, 0.15) is 33.6 Å². The van der Waals surface area contributed by atoms with Gasteiger partial charge in [0, 0.05) is 24.8 Å². The van der Waals surface area contributed by atoms with E-state index >= 15 is 0 Å². The molecule has 184 valence electrons. The molecule has 1 heterocycles. The normalized spacial score (nSPS) is 12.5. The fraction of sp³-hybridized carbons (Fsp3) is 0.611. The van der Waals surface area contributed by atoms with Crippen LogP contribution >= 0.6 is 11.8 Å². The maximum absolute atomic E-state index is 12.4. The number of rotatable bonds is 15. The van der Waals surface area contributed by atoms with Crippen molar-refractivity contribution in [1.82, 2.24) is 25.6 Å². The SMILES string of the molecule is CCNc1nc(NC(C)C)nc(SC[C@@H](NC(=O)CC[C@H](N)C(=O)O)C(=O)NCC(=O)O)n1. The van der Waals surface area contributed by atoms with Crippen LogP contribution in [0.4, 0.5) is 11.9 Å². The molecule has 0 radical (unpaired) electrons. The van der Waals surface area contributed by atoms with Crippen LogP contribution in [0.5, 0.6) is 0 Å². The van der Waals surface area contributed by atoms with Gasteiger partial charge in [-0.15, -0.1) is 0 Å². The molecule has 0 aliphatic carbocycles.